The molecule has 0 spiro atoms. The van der Waals surface area contributed by atoms with E-state index in [0.29, 0.717) is 6.42 Å². The number of halogens is 5. The first-order valence-electron chi connectivity index (χ1n) is 8.94. The second kappa shape index (κ2) is 8.56. The lowest BCUT2D eigenvalue weighted by atomic mass is 10.1. The van der Waals surface area contributed by atoms with E-state index in [-0.39, 0.29) is 11.3 Å². The van der Waals surface area contributed by atoms with Gasteiger partial charge in [-0.2, -0.15) is 30.4 Å². The van der Waals surface area contributed by atoms with Gasteiger partial charge in [0, 0.05) is 0 Å². The summed E-state index contributed by atoms with van der Waals surface area (Å²) in [6.45, 7) is 0. The Bertz CT molecular complexity index is 1220. The summed E-state index contributed by atoms with van der Waals surface area (Å²) in [4.78, 5) is 24.2. The summed E-state index contributed by atoms with van der Waals surface area (Å²) in [5, 5.41) is -5.85. The van der Waals surface area contributed by atoms with Crippen LogP contribution >= 0.6 is 0 Å². The topological polar surface area (TPSA) is 107 Å². The van der Waals surface area contributed by atoms with Gasteiger partial charge in [0.2, 0.25) is 0 Å². The number of fused-ring (bicyclic) bond motifs is 1. The molecule has 0 saturated heterocycles. The number of hydrogen-bond donors (Lipinski definition) is 1. The van der Waals surface area contributed by atoms with Crippen molar-refractivity contribution in [2.75, 3.05) is 0 Å². The lowest BCUT2D eigenvalue weighted by Gasteiger charge is -2.26. The molecule has 0 aromatic heterocycles. The third-order valence-corrected chi connectivity index (χ3v) is 5.39. The van der Waals surface area contributed by atoms with Gasteiger partial charge in [0.15, 0.2) is 0 Å². The fraction of sp³-hybridized carbons (Fsp3) is 0.200. The Balaban J connectivity index is 1.72. The monoisotopic (exact) mass is 492 g/mol. The number of benzene rings is 2. The largest absolute Gasteiger partial charge is 0.441 e. The quantitative estimate of drug-likeness (QED) is 0.281. The molecule has 2 aromatic rings. The van der Waals surface area contributed by atoms with Gasteiger partial charge >= 0.3 is 33.5 Å². The first kappa shape index (κ1) is 24.3. The van der Waals surface area contributed by atoms with Crippen LogP contribution in [-0.2, 0) is 21.3 Å². The molecule has 176 valence electrons. The first-order chi connectivity index (χ1) is 15.2. The molecule has 13 heteroatoms. The van der Waals surface area contributed by atoms with E-state index in [1.165, 1.54) is 6.07 Å². The summed E-state index contributed by atoms with van der Waals surface area (Å²) in [7, 11) is -6.56. The highest BCUT2D eigenvalue weighted by atomic mass is 32.2. The van der Waals surface area contributed by atoms with Gasteiger partial charge < -0.3 is 9.47 Å². The summed E-state index contributed by atoms with van der Waals surface area (Å²) in [5.74, 6) is -2.83. The smallest absolute Gasteiger partial charge is 0.432 e. The van der Waals surface area contributed by atoms with Crippen molar-refractivity contribution in [3.63, 3.8) is 0 Å². The Morgan fingerprint density at radius 2 is 1.55 bits per heavy atom. The molecule has 1 unspecified atom stereocenters. The highest BCUT2D eigenvalue weighted by Crippen LogP contribution is 2.38. The summed E-state index contributed by atoms with van der Waals surface area (Å²) in [6.07, 6.45) is -6.04. The maximum absolute atomic E-state index is 13.5. The normalized spacial score (nSPS) is 14.5. The summed E-state index contributed by atoms with van der Waals surface area (Å²) < 4.78 is 104. The second-order valence-corrected chi connectivity index (χ2v) is 8.29. The lowest BCUT2D eigenvalue weighted by molar-refractivity contribution is -0.248. The van der Waals surface area contributed by atoms with Gasteiger partial charge in [0.25, 0.3) is 6.10 Å². The summed E-state index contributed by atoms with van der Waals surface area (Å²) >= 11 is 0. The van der Waals surface area contributed by atoms with E-state index in [4.69, 9.17) is 9.29 Å². The molecule has 1 aliphatic rings. The van der Waals surface area contributed by atoms with Gasteiger partial charge in [-0.25, -0.2) is 9.59 Å². The van der Waals surface area contributed by atoms with Crippen molar-refractivity contribution >= 4 is 28.1 Å². The van der Waals surface area contributed by atoms with Crippen LogP contribution in [0.3, 0.4) is 0 Å². The predicted octanol–water partition coefficient (Wildman–Crippen LogP) is 4.04. The van der Waals surface area contributed by atoms with Crippen LogP contribution in [0.5, 0.6) is 5.75 Å². The molecule has 0 aliphatic heterocycles. The zero-order chi connectivity index (χ0) is 24.6. The standard InChI is InChI=1S/C20H13F5O7S/c21-19(22,23)18(20(24,25)33(28,29)30)32-16(26)12-6-8-15(9-7-12)31-17(27)14-5-4-11-2-1-3-13(11)10-14/h1-2,4-10,18H,3H2,(H,28,29,30). The number of ether oxygens (including phenoxy) is 2. The van der Waals surface area contributed by atoms with Crippen molar-refractivity contribution in [1.82, 2.24) is 0 Å². The zero-order valence-electron chi connectivity index (χ0n) is 16.2. The Morgan fingerprint density at radius 3 is 2.12 bits per heavy atom. The molecule has 1 N–H and O–H groups in total. The van der Waals surface area contributed by atoms with Crippen LogP contribution in [-0.4, -0.2) is 42.4 Å². The Labute approximate surface area is 183 Å². The fourth-order valence-corrected chi connectivity index (χ4v) is 3.30. The Hall–Kier alpha value is -3.32. The molecule has 3 rings (SSSR count). The van der Waals surface area contributed by atoms with Crippen LogP contribution in [0.25, 0.3) is 6.08 Å². The number of allylic oxidation sites excluding steroid dienone is 1. The molecule has 0 bridgehead atoms. The molecule has 0 saturated carbocycles. The second-order valence-electron chi connectivity index (χ2n) is 6.80. The molecule has 1 aliphatic carbocycles. The van der Waals surface area contributed by atoms with Crippen molar-refractivity contribution in [3.8, 4) is 5.75 Å². The van der Waals surface area contributed by atoms with Crippen molar-refractivity contribution in [2.45, 2.75) is 24.0 Å². The van der Waals surface area contributed by atoms with Crippen LogP contribution in [0.4, 0.5) is 22.0 Å². The Morgan fingerprint density at radius 1 is 0.939 bits per heavy atom. The highest BCUT2D eigenvalue weighted by molar-refractivity contribution is 7.86. The number of carbonyl (C=O) groups is 2. The minimum Gasteiger partial charge on any atom is -0.441 e. The molecule has 0 heterocycles. The minimum absolute atomic E-state index is 0.120. The number of esters is 2. The van der Waals surface area contributed by atoms with E-state index in [9.17, 15) is 40.0 Å². The molecule has 33 heavy (non-hydrogen) atoms. The third kappa shape index (κ3) is 5.20. The molecule has 7 nitrogen and oxygen atoms in total. The molecule has 0 fully saturated rings. The highest BCUT2D eigenvalue weighted by Gasteiger charge is 2.66. The zero-order valence-corrected chi connectivity index (χ0v) is 17.0. The van der Waals surface area contributed by atoms with Gasteiger partial charge in [-0.1, -0.05) is 18.2 Å². The predicted molar refractivity (Wildman–Crippen MR) is 102 cm³/mol. The van der Waals surface area contributed by atoms with Gasteiger partial charge in [-0.05, 0) is 53.9 Å². The maximum atomic E-state index is 13.5. The SMILES string of the molecule is O=C(Oc1ccc(C(=O)OC(C(F)(F)F)C(F)(F)S(=O)(=O)O)cc1)c1ccc2c(c1)CC=C2. The van der Waals surface area contributed by atoms with Crippen LogP contribution in [0.2, 0.25) is 0 Å². The number of hydrogen-bond acceptors (Lipinski definition) is 6. The van der Waals surface area contributed by atoms with Gasteiger partial charge in [0.05, 0.1) is 11.1 Å². The molecular formula is C20H13F5O7S. The summed E-state index contributed by atoms with van der Waals surface area (Å²) in [5.41, 5.74) is 1.40. The Kier molecular flexibility index (Phi) is 6.31. The molecule has 0 radical (unpaired) electrons. The van der Waals surface area contributed by atoms with Crippen LogP contribution in [0.15, 0.2) is 48.5 Å². The average molecular weight is 492 g/mol. The van der Waals surface area contributed by atoms with Crippen LogP contribution < -0.4 is 4.74 Å². The third-order valence-electron chi connectivity index (χ3n) is 4.49. The van der Waals surface area contributed by atoms with Crippen molar-refractivity contribution in [2.24, 2.45) is 0 Å². The molecular weight excluding hydrogens is 479 g/mol. The van der Waals surface area contributed by atoms with Gasteiger partial charge in [-0.3, -0.25) is 4.55 Å². The molecule has 1 atom stereocenters. The average Bonchev–Trinajstić information content (AvgIpc) is 3.18. The molecule has 2 aromatic carbocycles. The van der Waals surface area contributed by atoms with Crippen molar-refractivity contribution in [1.29, 1.82) is 0 Å². The fourth-order valence-electron chi connectivity index (χ4n) is 2.85. The van der Waals surface area contributed by atoms with E-state index < -0.39 is 45.2 Å². The van der Waals surface area contributed by atoms with E-state index in [0.717, 1.165) is 35.4 Å². The van der Waals surface area contributed by atoms with E-state index >= 15 is 0 Å². The van der Waals surface area contributed by atoms with Crippen molar-refractivity contribution < 1.29 is 54.0 Å². The van der Waals surface area contributed by atoms with Gasteiger partial charge in [-0.15, -0.1) is 0 Å². The summed E-state index contributed by atoms with van der Waals surface area (Å²) in [6, 6.07) is 8.48. The van der Waals surface area contributed by atoms with Gasteiger partial charge in [0.1, 0.15) is 5.75 Å². The van der Waals surface area contributed by atoms with E-state index in [2.05, 4.69) is 4.74 Å². The van der Waals surface area contributed by atoms with Crippen LogP contribution in [0, 0.1) is 0 Å². The number of carbonyl (C=O) groups excluding carboxylic acids is 2. The maximum Gasteiger partial charge on any atom is 0.432 e. The van der Waals surface area contributed by atoms with Crippen LogP contribution in [0.1, 0.15) is 31.8 Å². The van der Waals surface area contributed by atoms with E-state index in [1.54, 1.807) is 12.1 Å². The lowest BCUT2D eigenvalue weighted by Crippen LogP contribution is -2.52. The molecule has 0 amide bonds. The number of rotatable bonds is 6. The number of alkyl halides is 5. The first-order valence-corrected chi connectivity index (χ1v) is 10.4. The van der Waals surface area contributed by atoms with Crippen molar-refractivity contribution in [3.05, 3.63) is 70.8 Å². The minimum atomic E-state index is -6.56. The van der Waals surface area contributed by atoms with E-state index in [1.807, 2.05) is 12.2 Å².